The van der Waals surface area contributed by atoms with Crippen molar-refractivity contribution in [3.63, 3.8) is 0 Å². The highest BCUT2D eigenvalue weighted by Crippen LogP contribution is 2.31. The molecule has 1 heterocycles. The second-order valence-electron chi connectivity index (χ2n) is 7.58. The third-order valence-corrected chi connectivity index (χ3v) is 6.65. The predicted octanol–water partition coefficient (Wildman–Crippen LogP) is 6.10. The van der Waals surface area contributed by atoms with Gasteiger partial charge in [0.1, 0.15) is 5.75 Å². The normalized spacial score (nSPS) is 10.7. The summed E-state index contributed by atoms with van der Waals surface area (Å²) in [5, 5.41) is 26.2. The van der Waals surface area contributed by atoms with Gasteiger partial charge in [-0.25, -0.2) is 4.79 Å². The van der Waals surface area contributed by atoms with E-state index < -0.39 is 11.0 Å². The van der Waals surface area contributed by atoms with E-state index in [9.17, 15) is 14.9 Å². The summed E-state index contributed by atoms with van der Waals surface area (Å²) in [5.74, 6) is 1.76. The fourth-order valence-electron chi connectivity index (χ4n) is 3.32. The lowest BCUT2D eigenvalue weighted by atomic mass is 10.2. The van der Waals surface area contributed by atoms with E-state index in [2.05, 4.69) is 20.8 Å². The number of nitro groups is 1. The molecular weight excluding hydrogens is 539 g/mol. The van der Waals surface area contributed by atoms with E-state index in [1.807, 2.05) is 24.3 Å². The van der Waals surface area contributed by atoms with Crippen LogP contribution in [0.15, 0.2) is 71.9 Å². The number of amides is 2. The molecule has 4 aromatic rings. The summed E-state index contributed by atoms with van der Waals surface area (Å²) in [4.78, 5) is 22.8. The van der Waals surface area contributed by atoms with Crippen molar-refractivity contribution in [1.29, 1.82) is 0 Å². The summed E-state index contributed by atoms with van der Waals surface area (Å²) in [5.41, 5.74) is 1.92. The standard InChI is InChI=1S/C24H20Cl2N6O4S/c1-36-19-4-2-3-15(11-19)14-37-24-30-29-22(31(24)21-12-16(25)5-10-20(21)26)13-27-23(33)28-17-6-8-18(9-7-17)32(34)35/h2-12H,13-14H2,1H3,(H2,27,28,33). The quantitative estimate of drug-likeness (QED) is 0.144. The van der Waals surface area contributed by atoms with Crippen LogP contribution in [-0.2, 0) is 12.3 Å². The molecule has 0 spiro atoms. The van der Waals surface area contributed by atoms with Crippen LogP contribution < -0.4 is 15.4 Å². The molecule has 10 nitrogen and oxygen atoms in total. The number of rotatable bonds is 9. The van der Waals surface area contributed by atoms with E-state index in [0.29, 0.717) is 38.2 Å². The SMILES string of the molecule is COc1cccc(CSc2nnc(CNC(=O)Nc3ccc([N+](=O)[O-])cc3)n2-c2cc(Cl)ccc2Cl)c1. The molecule has 0 fully saturated rings. The Hall–Kier alpha value is -3.80. The van der Waals surface area contributed by atoms with Gasteiger partial charge in [0.25, 0.3) is 5.69 Å². The fraction of sp³-hybridized carbons (Fsp3) is 0.125. The highest BCUT2D eigenvalue weighted by atomic mass is 35.5. The maximum atomic E-state index is 12.5. The van der Waals surface area contributed by atoms with Gasteiger partial charge in [-0.1, -0.05) is 47.1 Å². The number of aromatic nitrogens is 3. The van der Waals surface area contributed by atoms with Crippen LogP contribution in [0, 0.1) is 10.1 Å². The Kier molecular flexibility index (Phi) is 8.49. The summed E-state index contributed by atoms with van der Waals surface area (Å²) < 4.78 is 7.04. The van der Waals surface area contributed by atoms with Crippen LogP contribution in [0.5, 0.6) is 5.75 Å². The maximum absolute atomic E-state index is 12.5. The van der Waals surface area contributed by atoms with E-state index in [-0.39, 0.29) is 12.2 Å². The lowest BCUT2D eigenvalue weighted by Gasteiger charge is -2.13. The minimum Gasteiger partial charge on any atom is -0.497 e. The van der Waals surface area contributed by atoms with Gasteiger partial charge in [0, 0.05) is 28.6 Å². The molecular formula is C24H20Cl2N6O4S. The average Bonchev–Trinajstić information content (AvgIpc) is 3.30. The Balaban J connectivity index is 1.53. The molecule has 0 atom stereocenters. The lowest BCUT2D eigenvalue weighted by molar-refractivity contribution is -0.384. The molecule has 0 saturated carbocycles. The summed E-state index contributed by atoms with van der Waals surface area (Å²) in [6.07, 6.45) is 0. The van der Waals surface area contributed by atoms with E-state index in [1.165, 1.54) is 36.0 Å². The lowest BCUT2D eigenvalue weighted by Crippen LogP contribution is -2.29. The number of methoxy groups -OCH3 is 1. The number of nitro benzene ring substituents is 1. The zero-order chi connectivity index (χ0) is 26.4. The number of urea groups is 1. The minimum absolute atomic E-state index is 0.0222. The molecule has 0 radical (unpaired) electrons. The van der Waals surface area contributed by atoms with E-state index >= 15 is 0 Å². The molecule has 0 aliphatic heterocycles. The van der Waals surface area contributed by atoms with Crippen LogP contribution in [0.4, 0.5) is 16.2 Å². The Morgan fingerprint density at radius 1 is 1.11 bits per heavy atom. The number of ether oxygens (including phenoxy) is 1. The first-order valence-corrected chi connectivity index (χ1v) is 12.5. The van der Waals surface area contributed by atoms with Crippen molar-refractivity contribution in [2.75, 3.05) is 12.4 Å². The number of nitrogens with zero attached hydrogens (tertiary/aromatic N) is 4. The fourth-order valence-corrected chi connectivity index (χ4v) is 4.59. The predicted molar refractivity (Wildman–Crippen MR) is 143 cm³/mol. The van der Waals surface area contributed by atoms with Gasteiger partial charge < -0.3 is 15.4 Å². The van der Waals surface area contributed by atoms with Crippen LogP contribution >= 0.6 is 35.0 Å². The molecule has 0 unspecified atom stereocenters. The van der Waals surface area contributed by atoms with Gasteiger partial charge in [-0.05, 0) is 48.0 Å². The van der Waals surface area contributed by atoms with Crippen LogP contribution in [-0.4, -0.2) is 32.8 Å². The van der Waals surface area contributed by atoms with E-state index in [0.717, 1.165) is 11.3 Å². The number of hydrogen-bond donors (Lipinski definition) is 2. The maximum Gasteiger partial charge on any atom is 0.319 e. The molecule has 0 saturated heterocycles. The smallest absolute Gasteiger partial charge is 0.319 e. The number of benzene rings is 3. The van der Waals surface area contributed by atoms with Gasteiger partial charge in [0.15, 0.2) is 11.0 Å². The van der Waals surface area contributed by atoms with Crippen LogP contribution in [0.3, 0.4) is 0 Å². The van der Waals surface area contributed by atoms with Gasteiger partial charge in [-0.15, -0.1) is 10.2 Å². The van der Waals surface area contributed by atoms with E-state index in [4.69, 9.17) is 27.9 Å². The van der Waals surface area contributed by atoms with Gasteiger partial charge in [-0.3, -0.25) is 14.7 Å². The molecule has 0 aliphatic carbocycles. The summed E-state index contributed by atoms with van der Waals surface area (Å²) in [6.45, 7) is 0.0222. The van der Waals surface area contributed by atoms with Crippen molar-refractivity contribution in [3.05, 3.63) is 98.3 Å². The number of thioether (sulfide) groups is 1. The van der Waals surface area contributed by atoms with Gasteiger partial charge in [0.05, 0.1) is 29.3 Å². The number of halogens is 2. The summed E-state index contributed by atoms with van der Waals surface area (Å²) in [6, 6.07) is 17.7. The van der Waals surface area contributed by atoms with Gasteiger partial charge in [0.2, 0.25) is 0 Å². The number of anilines is 1. The van der Waals surface area contributed by atoms with Crippen LogP contribution in [0.2, 0.25) is 10.0 Å². The van der Waals surface area contributed by atoms with Crippen molar-refractivity contribution < 1.29 is 14.5 Å². The highest BCUT2D eigenvalue weighted by molar-refractivity contribution is 7.98. The number of carbonyl (C=O) groups excluding carboxylic acids is 1. The van der Waals surface area contributed by atoms with E-state index in [1.54, 1.807) is 29.9 Å². The number of carbonyl (C=O) groups is 1. The molecule has 1 aromatic heterocycles. The van der Waals surface area contributed by atoms with Crippen molar-refractivity contribution in [3.8, 4) is 11.4 Å². The molecule has 37 heavy (non-hydrogen) atoms. The number of hydrogen-bond acceptors (Lipinski definition) is 7. The summed E-state index contributed by atoms with van der Waals surface area (Å²) >= 11 is 14.2. The molecule has 2 N–H and O–H groups in total. The van der Waals surface area contributed by atoms with Gasteiger partial charge >= 0.3 is 6.03 Å². The third-order valence-electron chi connectivity index (χ3n) is 5.09. The average molecular weight is 559 g/mol. The van der Waals surface area contributed by atoms with Crippen molar-refractivity contribution >= 4 is 52.4 Å². The Bertz CT molecular complexity index is 1430. The third kappa shape index (κ3) is 6.70. The van der Waals surface area contributed by atoms with Crippen molar-refractivity contribution in [2.24, 2.45) is 0 Å². The Morgan fingerprint density at radius 2 is 1.89 bits per heavy atom. The molecule has 3 aromatic carbocycles. The number of nitrogens with one attached hydrogen (secondary N) is 2. The second kappa shape index (κ2) is 12.0. The molecule has 13 heteroatoms. The topological polar surface area (TPSA) is 124 Å². The molecule has 0 aliphatic rings. The molecule has 2 amide bonds. The first-order valence-electron chi connectivity index (χ1n) is 10.8. The first-order chi connectivity index (χ1) is 17.8. The highest BCUT2D eigenvalue weighted by Gasteiger charge is 2.18. The van der Waals surface area contributed by atoms with Crippen LogP contribution in [0.1, 0.15) is 11.4 Å². The van der Waals surface area contributed by atoms with Crippen molar-refractivity contribution in [1.82, 2.24) is 20.1 Å². The first kappa shape index (κ1) is 26.3. The summed E-state index contributed by atoms with van der Waals surface area (Å²) in [7, 11) is 1.61. The Morgan fingerprint density at radius 3 is 2.62 bits per heavy atom. The largest absolute Gasteiger partial charge is 0.497 e. The van der Waals surface area contributed by atoms with Crippen molar-refractivity contribution in [2.45, 2.75) is 17.5 Å². The molecule has 190 valence electrons. The molecule has 4 rings (SSSR count). The zero-order valence-electron chi connectivity index (χ0n) is 19.4. The number of non-ortho nitro benzene ring substituents is 1. The monoisotopic (exact) mass is 558 g/mol. The van der Waals surface area contributed by atoms with Crippen LogP contribution in [0.25, 0.3) is 5.69 Å². The minimum atomic E-state index is -0.522. The molecule has 0 bridgehead atoms. The zero-order valence-corrected chi connectivity index (χ0v) is 21.7. The van der Waals surface area contributed by atoms with Gasteiger partial charge in [-0.2, -0.15) is 0 Å². The second-order valence-corrected chi connectivity index (χ2v) is 9.37. The Labute approximate surface area is 226 Å².